The molecule has 0 bridgehead atoms. The fourth-order valence-corrected chi connectivity index (χ4v) is 4.01. The van der Waals surface area contributed by atoms with Gasteiger partial charge in [0.05, 0.1) is 17.9 Å². The number of carbonyl (C=O) groups excluding carboxylic acids is 1. The molecule has 0 saturated carbocycles. The summed E-state index contributed by atoms with van der Waals surface area (Å²) in [6, 6.07) is 0. The van der Waals surface area contributed by atoms with Crippen molar-refractivity contribution in [1.29, 1.82) is 0 Å². The predicted octanol–water partition coefficient (Wildman–Crippen LogP) is -0.485. The van der Waals surface area contributed by atoms with E-state index in [9.17, 15) is 13.2 Å². The minimum absolute atomic E-state index is 0.176. The molecule has 11 heteroatoms. The highest BCUT2D eigenvalue weighted by Crippen LogP contribution is 2.31. The second-order valence-electron chi connectivity index (χ2n) is 6.75. The molecule has 1 fully saturated rings. The van der Waals surface area contributed by atoms with Gasteiger partial charge in [0.1, 0.15) is 0 Å². The summed E-state index contributed by atoms with van der Waals surface area (Å²) < 4.78 is 32.4. The first-order chi connectivity index (χ1) is 12.7. The summed E-state index contributed by atoms with van der Waals surface area (Å²) in [6.07, 6.45) is 2.10. The van der Waals surface area contributed by atoms with Crippen LogP contribution < -0.4 is 10.2 Å². The molecule has 1 saturated heterocycles. The van der Waals surface area contributed by atoms with E-state index in [0.717, 1.165) is 0 Å². The Morgan fingerprint density at radius 2 is 2.07 bits per heavy atom. The van der Waals surface area contributed by atoms with Crippen molar-refractivity contribution in [1.82, 2.24) is 23.9 Å². The molecule has 1 N–H and O–H groups in total. The summed E-state index contributed by atoms with van der Waals surface area (Å²) in [4.78, 5) is 23.1. The number of hydrogen-bond donors (Lipinski definition) is 1. The van der Waals surface area contributed by atoms with Crippen LogP contribution in [0.2, 0.25) is 0 Å². The highest BCUT2D eigenvalue weighted by molar-refractivity contribution is 7.86. The third-order valence-electron chi connectivity index (χ3n) is 4.37. The topological polar surface area (TPSA) is 108 Å². The van der Waals surface area contributed by atoms with E-state index < -0.39 is 10.2 Å². The minimum atomic E-state index is -3.50. The normalized spacial score (nSPS) is 18.1. The van der Waals surface area contributed by atoms with Crippen LogP contribution in [0.25, 0.3) is 0 Å². The van der Waals surface area contributed by atoms with Crippen LogP contribution in [0, 0.1) is 0 Å². The summed E-state index contributed by atoms with van der Waals surface area (Å²) in [7, 11) is 4.70. The van der Waals surface area contributed by atoms with Crippen molar-refractivity contribution in [2.75, 3.05) is 66.4 Å². The van der Waals surface area contributed by atoms with E-state index in [1.54, 1.807) is 12.0 Å². The van der Waals surface area contributed by atoms with Gasteiger partial charge in [0.2, 0.25) is 5.95 Å². The second kappa shape index (κ2) is 8.91. The summed E-state index contributed by atoms with van der Waals surface area (Å²) >= 11 is 0. The quantitative estimate of drug-likeness (QED) is 0.587. The number of anilines is 1. The zero-order chi connectivity index (χ0) is 20.2. The Bertz CT molecular complexity index is 768. The van der Waals surface area contributed by atoms with Gasteiger partial charge >= 0.3 is 0 Å². The van der Waals surface area contributed by atoms with Crippen LogP contribution in [-0.4, -0.2) is 94.4 Å². The van der Waals surface area contributed by atoms with Crippen molar-refractivity contribution in [2.24, 2.45) is 0 Å². The maximum atomic E-state index is 12.6. The molecule has 0 radical (unpaired) electrons. The van der Waals surface area contributed by atoms with Gasteiger partial charge in [-0.05, 0) is 6.42 Å². The van der Waals surface area contributed by atoms with Gasteiger partial charge in [-0.25, -0.2) is 9.97 Å². The molecule has 1 unspecified atom stereocenters. The standard InChI is InChI=1S/C16H28N6O4S/c1-20(2)16-18-10-13(15(23)17-7-9-26-5)14(19-16)12-6-8-22(11-12)27(24,25)21(3)4/h10,12H,6-9,11H2,1-5H3,(H,17,23). The fraction of sp³-hybridized carbons (Fsp3) is 0.688. The molecule has 0 spiro atoms. The lowest BCUT2D eigenvalue weighted by Crippen LogP contribution is -2.38. The van der Waals surface area contributed by atoms with Gasteiger partial charge in [0, 0.05) is 67.0 Å². The molecule has 1 aromatic heterocycles. The van der Waals surface area contributed by atoms with E-state index in [4.69, 9.17) is 4.74 Å². The number of nitrogens with one attached hydrogen (secondary N) is 1. The monoisotopic (exact) mass is 400 g/mol. The molecule has 1 aliphatic heterocycles. The molecular formula is C16H28N6O4S. The van der Waals surface area contributed by atoms with Crippen LogP contribution >= 0.6 is 0 Å². The van der Waals surface area contributed by atoms with E-state index in [1.807, 2.05) is 14.1 Å². The Labute approximate surface area is 160 Å². The number of ether oxygens (including phenoxy) is 1. The van der Waals surface area contributed by atoms with E-state index >= 15 is 0 Å². The molecule has 2 rings (SSSR count). The molecular weight excluding hydrogens is 372 g/mol. The number of methoxy groups -OCH3 is 1. The predicted molar refractivity (Wildman–Crippen MR) is 102 cm³/mol. The highest BCUT2D eigenvalue weighted by Gasteiger charge is 2.36. The van der Waals surface area contributed by atoms with Gasteiger partial charge < -0.3 is 15.0 Å². The maximum absolute atomic E-state index is 12.6. The Balaban J connectivity index is 2.30. The molecule has 152 valence electrons. The van der Waals surface area contributed by atoms with Crippen molar-refractivity contribution < 1.29 is 17.9 Å². The van der Waals surface area contributed by atoms with Crippen LogP contribution in [0.1, 0.15) is 28.4 Å². The lowest BCUT2D eigenvalue weighted by Gasteiger charge is -2.21. The number of aromatic nitrogens is 2. The molecule has 27 heavy (non-hydrogen) atoms. The zero-order valence-corrected chi connectivity index (χ0v) is 17.3. The summed E-state index contributed by atoms with van der Waals surface area (Å²) in [5.74, 6) is 0.0123. The van der Waals surface area contributed by atoms with Crippen LogP contribution in [0.4, 0.5) is 5.95 Å². The SMILES string of the molecule is COCCNC(=O)c1cnc(N(C)C)nc1C1CCN(S(=O)(=O)N(C)C)C1. The lowest BCUT2D eigenvalue weighted by atomic mass is 10.00. The van der Waals surface area contributed by atoms with Crippen molar-refractivity contribution in [3.63, 3.8) is 0 Å². The molecule has 1 aromatic rings. The van der Waals surface area contributed by atoms with Crippen molar-refractivity contribution in [3.05, 3.63) is 17.5 Å². The number of hydrogen-bond acceptors (Lipinski definition) is 7. The Kier molecular flexibility index (Phi) is 7.09. The van der Waals surface area contributed by atoms with Gasteiger partial charge in [-0.2, -0.15) is 17.0 Å². The third kappa shape index (κ3) is 4.92. The van der Waals surface area contributed by atoms with E-state index in [-0.39, 0.29) is 18.4 Å². The largest absolute Gasteiger partial charge is 0.383 e. The van der Waals surface area contributed by atoms with Gasteiger partial charge in [0.15, 0.2) is 0 Å². The smallest absolute Gasteiger partial charge is 0.281 e. The lowest BCUT2D eigenvalue weighted by molar-refractivity contribution is 0.0935. The number of rotatable bonds is 8. The summed E-state index contributed by atoms with van der Waals surface area (Å²) in [5.41, 5.74) is 0.936. The van der Waals surface area contributed by atoms with Gasteiger partial charge in [0.25, 0.3) is 16.1 Å². The first-order valence-corrected chi connectivity index (χ1v) is 10.1. The molecule has 10 nitrogen and oxygen atoms in total. The van der Waals surface area contributed by atoms with Crippen LogP contribution in [0.3, 0.4) is 0 Å². The van der Waals surface area contributed by atoms with Crippen LogP contribution in [0.5, 0.6) is 0 Å². The van der Waals surface area contributed by atoms with E-state index in [2.05, 4.69) is 15.3 Å². The molecule has 0 aromatic carbocycles. The Hall–Kier alpha value is -1.82. The average Bonchev–Trinajstić information content (AvgIpc) is 3.11. The molecule has 1 aliphatic rings. The van der Waals surface area contributed by atoms with Crippen LogP contribution in [0.15, 0.2) is 6.20 Å². The maximum Gasteiger partial charge on any atom is 0.281 e. The van der Waals surface area contributed by atoms with Crippen molar-refractivity contribution in [3.8, 4) is 0 Å². The third-order valence-corrected chi connectivity index (χ3v) is 6.27. The minimum Gasteiger partial charge on any atom is -0.383 e. The van der Waals surface area contributed by atoms with E-state index in [1.165, 1.54) is 28.9 Å². The number of nitrogens with zero attached hydrogens (tertiary/aromatic N) is 5. The molecule has 0 aliphatic carbocycles. The Morgan fingerprint density at radius 1 is 1.37 bits per heavy atom. The fourth-order valence-electron chi connectivity index (χ4n) is 2.84. The van der Waals surface area contributed by atoms with Crippen molar-refractivity contribution >= 4 is 22.1 Å². The van der Waals surface area contributed by atoms with Gasteiger partial charge in [-0.15, -0.1) is 0 Å². The van der Waals surface area contributed by atoms with E-state index in [0.29, 0.717) is 43.3 Å². The van der Waals surface area contributed by atoms with Gasteiger partial charge in [-0.3, -0.25) is 4.79 Å². The average molecular weight is 401 g/mol. The molecule has 2 heterocycles. The zero-order valence-electron chi connectivity index (χ0n) is 16.5. The van der Waals surface area contributed by atoms with Crippen molar-refractivity contribution in [2.45, 2.75) is 12.3 Å². The molecule has 1 atom stereocenters. The Morgan fingerprint density at radius 3 is 2.67 bits per heavy atom. The van der Waals surface area contributed by atoms with Gasteiger partial charge in [-0.1, -0.05) is 0 Å². The first kappa shape index (κ1) is 21.5. The van der Waals surface area contributed by atoms with Crippen LogP contribution in [-0.2, 0) is 14.9 Å². The molecule has 1 amide bonds. The summed E-state index contributed by atoms with van der Waals surface area (Å²) in [6.45, 7) is 1.44. The number of amides is 1. The highest BCUT2D eigenvalue weighted by atomic mass is 32.2. The number of carbonyl (C=O) groups is 1. The second-order valence-corrected chi connectivity index (χ2v) is 8.89. The first-order valence-electron chi connectivity index (χ1n) is 8.67. The summed E-state index contributed by atoms with van der Waals surface area (Å²) in [5, 5.41) is 2.77.